The van der Waals surface area contributed by atoms with Crippen molar-refractivity contribution in [1.82, 2.24) is 14.8 Å². The molecule has 0 aliphatic rings. The first-order valence-electron chi connectivity index (χ1n) is 11.6. The van der Waals surface area contributed by atoms with Gasteiger partial charge in [-0.1, -0.05) is 20.8 Å². The Morgan fingerprint density at radius 3 is 2.19 bits per heavy atom. The Labute approximate surface area is 210 Å². The van der Waals surface area contributed by atoms with Crippen LogP contribution in [0.3, 0.4) is 0 Å². The standard InChI is InChI=1S/C27H30N6O3/c1-27(2,3)24-18-25(33(32-24)20-6-10-21(11-7-20)35-17-14-28)31-26(34)30-19-4-8-22(9-5-19)36-23-12-15-29-16-13-23/h4-13,15-16,18H,14,17,28H2,1-3H3,(H2,30,31,34). The summed E-state index contributed by atoms with van der Waals surface area (Å²) in [4.78, 5) is 16.8. The van der Waals surface area contributed by atoms with Gasteiger partial charge in [-0.05, 0) is 60.7 Å². The molecule has 0 aliphatic carbocycles. The largest absolute Gasteiger partial charge is 0.492 e. The van der Waals surface area contributed by atoms with Crippen LogP contribution in [0.1, 0.15) is 26.5 Å². The topological polar surface area (TPSA) is 116 Å². The van der Waals surface area contributed by atoms with Crippen molar-refractivity contribution in [3.05, 3.63) is 84.8 Å². The SMILES string of the molecule is CC(C)(C)c1cc(NC(=O)Nc2ccc(Oc3ccncc3)cc2)n(-c2ccc(OCCN)cc2)n1. The lowest BCUT2D eigenvalue weighted by molar-refractivity contribution is 0.262. The van der Waals surface area contributed by atoms with E-state index in [1.807, 2.05) is 30.3 Å². The van der Waals surface area contributed by atoms with E-state index in [-0.39, 0.29) is 11.4 Å². The van der Waals surface area contributed by atoms with Crippen molar-refractivity contribution in [2.75, 3.05) is 23.8 Å². The quantitative estimate of drug-likeness (QED) is 0.310. The van der Waals surface area contributed by atoms with E-state index >= 15 is 0 Å². The summed E-state index contributed by atoms with van der Waals surface area (Å²) in [6, 6.07) is 19.6. The maximum absolute atomic E-state index is 12.8. The second-order valence-corrected chi connectivity index (χ2v) is 9.10. The van der Waals surface area contributed by atoms with Crippen LogP contribution in [0.2, 0.25) is 0 Å². The Balaban J connectivity index is 1.47. The smallest absolute Gasteiger partial charge is 0.324 e. The number of hydrogen-bond donors (Lipinski definition) is 3. The highest BCUT2D eigenvalue weighted by molar-refractivity contribution is 5.99. The number of urea groups is 1. The molecule has 0 saturated carbocycles. The minimum absolute atomic E-state index is 0.201. The number of nitrogens with one attached hydrogen (secondary N) is 2. The Morgan fingerprint density at radius 2 is 1.56 bits per heavy atom. The summed E-state index contributed by atoms with van der Waals surface area (Å²) in [5.41, 5.74) is 7.57. The van der Waals surface area contributed by atoms with E-state index in [1.165, 1.54) is 0 Å². The zero-order chi connectivity index (χ0) is 25.5. The zero-order valence-corrected chi connectivity index (χ0v) is 20.6. The molecule has 9 heteroatoms. The van der Waals surface area contributed by atoms with Gasteiger partial charge in [0.15, 0.2) is 0 Å². The summed E-state index contributed by atoms with van der Waals surface area (Å²) in [6.07, 6.45) is 3.32. The lowest BCUT2D eigenvalue weighted by Crippen LogP contribution is -2.21. The molecule has 0 unspecified atom stereocenters. The average molecular weight is 487 g/mol. The highest BCUT2D eigenvalue weighted by Crippen LogP contribution is 2.27. The van der Waals surface area contributed by atoms with Gasteiger partial charge in [0.25, 0.3) is 0 Å². The minimum Gasteiger partial charge on any atom is -0.492 e. The lowest BCUT2D eigenvalue weighted by atomic mass is 9.92. The van der Waals surface area contributed by atoms with Gasteiger partial charge in [0.1, 0.15) is 29.7 Å². The molecule has 2 heterocycles. The maximum Gasteiger partial charge on any atom is 0.324 e. The first-order valence-corrected chi connectivity index (χ1v) is 11.6. The molecule has 4 aromatic rings. The third-order valence-corrected chi connectivity index (χ3v) is 5.18. The van der Waals surface area contributed by atoms with Crippen LogP contribution < -0.4 is 25.8 Å². The molecule has 2 aromatic carbocycles. The molecule has 2 amide bonds. The zero-order valence-electron chi connectivity index (χ0n) is 20.6. The number of aromatic nitrogens is 3. The van der Waals surface area contributed by atoms with Gasteiger partial charge in [-0.3, -0.25) is 10.3 Å². The van der Waals surface area contributed by atoms with Gasteiger partial charge >= 0.3 is 6.03 Å². The maximum atomic E-state index is 12.8. The number of benzene rings is 2. The predicted octanol–water partition coefficient (Wildman–Crippen LogP) is 5.34. The van der Waals surface area contributed by atoms with Crippen LogP contribution in [-0.4, -0.2) is 33.9 Å². The van der Waals surface area contributed by atoms with E-state index in [4.69, 9.17) is 20.3 Å². The molecule has 0 radical (unpaired) electrons. The molecule has 0 spiro atoms. The van der Waals surface area contributed by atoms with E-state index in [0.29, 0.717) is 36.2 Å². The molecular weight excluding hydrogens is 456 g/mol. The lowest BCUT2D eigenvalue weighted by Gasteiger charge is -2.14. The van der Waals surface area contributed by atoms with Gasteiger partial charge < -0.3 is 20.5 Å². The van der Waals surface area contributed by atoms with E-state index in [9.17, 15) is 4.79 Å². The first-order chi connectivity index (χ1) is 17.3. The number of amides is 2. The molecule has 0 aliphatic heterocycles. The summed E-state index contributed by atoms with van der Waals surface area (Å²) in [7, 11) is 0. The fourth-order valence-corrected chi connectivity index (χ4v) is 3.32. The van der Waals surface area contributed by atoms with Gasteiger partial charge in [0.2, 0.25) is 0 Å². The summed E-state index contributed by atoms with van der Waals surface area (Å²) in [5, 5.41) is 10.5. The Kier molecular flexibility index (Phi) is 7.50. The van der Waals surface area contributed by atoms with Crippen LogP contribution in [0.25, 0.3) is 5.69 Å². The molecule has 0 bridgehead atoms. The molecule has 36 heavy (non-hydrogen) atoms. The number of anilines is 2. The van der Waals surface area contributed by atoms with Crippen molar-refractivity contribution in [2.45, 2.75) is 26.2 Å². The first kappa shape index (κ1) is 24.7. The number of rotatable bonds is 8. The number of hydrogen-bond acceptors (Lipinski definition) is 6. The predicted molar refractivity (Wildman–Crippen MR) is 140 cm³/mol. The minimum atomic E-state index is -0.387. The molecule has 0 fully saturated rings. The molecule has 0 atom stereocenters. The second kappa shape index (κ2) is 10.9. The van der Waals surface area contributed by atoms with Crippen molar-refractivity contribution < 1.29 is 14.3 Å². The van der Waals surface area contributed by atoms with Crippen LogP contribution in [0, 0.1) is 0 Å². The van der Waals surface area contributed by atoms with Gasteiger partial charge in [0, 0.05) is 36.1 Å². The fraction of sp³-hybridized carbons (Fsp3) is 0.222. The Morgan fingerprint density at radius 1 is 0.917 bits per heavy atom. The molecule has 186 valence electrons. The van der Waals surface area contributed by atoms with E-state index in [0.717, 1.165) is 17.1 Å². The van der Waals surface area contributed by atoms with E-state index < -0.39 is 0 Å². The number of ether oxygens (including phenoxy) is 2. The van der Waals surface area contributed by atoms with E-state index in [1.54, 1.807) is 53.5 Å². The van der Waals surface area contributed by atoms with Gasteiger partial charge in [-0.15, -0.1) is 0 Å². The monoisotopic (exact) mass is 486 g/mol. The van der Waals surface area contributed by atoms with Crippen LogP contribution in [0.5, 0.6) is 17.2 Å². The van der Waals surface area contributed by atoms with Crippen molar-refractivity contribution >= 4 is 17.5 Å². The van der Waals surface area contributed by atoms with Crippen molar-refractivity contribution in [1.29, 1.82) is 0 Å². The summed E-state index contributed by atoms with van der Waals surface area (Å²) in [6.45, 7) is 7.10. The average Bonchev–Trinajstić information content (AvgIpc) is 3.29. The van der Waals surface area contributed by atoms with Crippen molar-refractivity contribution in [2.24, 2.45) is 5.73 Å². The normalized spacial score (nSPS) is 11.1. The molecular formula is C27H30N6O3. The third-order valence-electron chi connectivity index (χ3n) is 5.18. The summed E-state index contributed by atoms with van der Waals surface area (Å²) >= 11 is 0. The second-order valence-electron chi connectivity index (χ2n) is 9.10. The molecule has 4 N–H and O–H groups in total. The van der Waals surface area contributed by atoms with Crippen molar-refractivity contribution in [3.8, 4) is 22.9 Å². The number of carbonyl (C=O) groups excluding carboxylic acids is 1. The van der Waals surface area contributed by atoms with Gasteiger partial charge in [0.05, 0.1) is 11.4 Å². The van der Waals surface area contributed by atoms with Gasteiger partial charge in [-0.25, -0.2) is 9.48 Å². The number of carbonyl (C=O) groups is 1. The molecule has 0 saturated heterocycles. The number of nitrogens with two attached hydrogens (primary N) is 1. The Hall–Kier alpha value is -4.37. The highest BCUT2D eigenvalue weighted by atomic mass is 16.5. The summed E-state index contributed by atoms with van der Waals surface area (Å²) in [5.74, 6) is 2.60. The van der Waals surface area contributed by atoms with Crippen molar-refractivity contribution in [3.63, 3.8) is 0 Å². The van der Waals surface area contributed by atoms with Crippen LogP contribution >= 0.6 is 0 Å². The summed E-state index contributed by atoms with van der Waals surface area (Å²) < 4.78 is 13.0. The number of pyridine rings is 1. The highest BCUT2D eigenvalue weighted by Gasteiger charge is 2.21. The molecule has 2 aromatic heterocycles. The fourth-order valence-electron chi connectivity index (χ4n) is 3.32. The van der Waals surface area contributed by atoms with Crippen LogP contribution in [0.4, 0.5) is 16.3 Å². The van der Waals surface area contributed by atoms with Gasteiger partial charge in [-0.2, -0.15) is 5.10 Å². The third kappa shape index (κ3) is 6.39. The van der Waals surface area contributed by atoms with Crippen LogP contribution in [0.15, 0.2) is 79.1 Å². The molecule has 9 nitrogen and oxygen atoms in total. The Bertz CT molecular complexity index is 1280. The number of nitrogens with zero attached hydrogens (tertiary/aromatic N) is 3. The van der Waals surface area contributed by atoms with E-state index in [2.05, 4.69) is 36.4 Å². The van der Waals surface area contributed by atoms with Crippen LogP contribution in [-0.2, 0) is 5.41 Å². The molecule has 4 rings (SSSR count).